The van der Waals surface area contributed by atoms with Gasteiger partial charge in [0.1, 0.15) is 5.69 Å². The molecule has 108 valence electrons. The fourth-order valence-corrected chi connectivity index (χ4v) is 2.22. The van der Waals surface area contributed by atoms with Crippen LogP contribution in [0.25, 0.3) is 0 Å². The Morgan fingerprint density at radius 2 is 1.90 bits per heavy atom. The largest absolute Gasteiger partial charge is 0.316 e. The predicted molar refractivity (Wildman–Crippen MR) is 84.7 cm³/mol. The molecule has 2 aromatic rings. The molecule has 0 fully saturated rings. The summed E-state index contributed by atoms with van der Waals surface area (Å²) in [5.74, 6) is -0.385. The number of hydrogen-bond acceptors (Lipinski definition) is 3. The first kappa shape index (κ1) is 15.2. The molecule has 0 aliphatic heterocycles. The van der Waals surface area contributed by atoms with Gasteiger partial charge >= 0.3 is 0 Å². The number of aryl methyl sites for hydroxylation is 2. The molecular formula is C15H13BrN2O3. The standard InChI is InChI=1S/C15H13BrN2O3/c1-9-3-6-14(18(20)21)13(7-9)17-15(19)11-5-4-10(2)12(16)8-11/h3-8H,1-2H3,(H,17,19). The van der Waals surface area contributed by atoms with Crippen LogP contribution in [0.5, 0.6) is 0 Å². The Hall–Kier alpha value is -2.21. The molecule has 0 radical (unpaired) electrons. The molecule has 5 nitrogen and oxygen atoms in total. The highest BCUT2D eigenvalue weighted by Gasteiger charge is 2.17. The van der Waals surface area contributed by atoms with Crippen LogP contribution >= 0.6 is 15.9 Å². The zero-order chi connectivity index (χ0) is 15.6. The average molecular weight is 349 g/mol. The molecule has 6 heteroatoms. The average Bonchev–Trinajstić information content (AvgIpc) is 2.41. The third-order valence-corrected chi connectivity index (χ3v) is 3.89. The lowest BCUT2D eigenvalue weighted by Crippen LogP contribution is -2.13. The molecule has 2 rings (SSSR count). The summed E-state index contributed by atoms with van der Waals surface area (Å²) in [7, 11) is 0. The Bertz CT molecular complexity index is 729. The van der Waals surface area contributed by atoms with Gasteiger partial charge in [-0.1, -0.05) is 28.1 Å². The third kappa shape index (κ3) is 3.46. The van der Waals surface area contributed by atoms with Crippen molar-refractivity contribution in [2.24, 2.45) is 0 Å². The second kappa shape index (κ2) is 6.05. The van der Waals surface area contributed by atoms with Crippen molar-refractivity contribution in [1.29, 1.82) is 0 Å². The van der Waals surface area contributed by atoms with Crippen molar-refractivity contribution in [3.63, 3.8) is 0 Å². The van der Waals surface area contributed by atoms with Crippen LogP contribution in [-0.2, 0) is 0 Å². The number of hydrogen-bond donors (Lipinski definition) is 1. The highest BCUT2D eigenvalue weighted by atomic mass is 79.9. The lowest BCUT2D eigenvalue weighted by Gasteiger charge is -2.08. The van der Waals surface area contributed by atoms with Gasteiger partial charge < -0.3 is 5.32 Å². The first-order chi connectivity index (χ1) is 9.88. The number of carbonyl (C=O) groups excluding carboxylic acids is 1. The molecule has 0 aromatic heterocycles. The van der Waals surface area contributed by atoms with E-state index in [0.29, 0.717) is 5.56 Å². The summed E-state index contributed by atoms with van der Waals surface area (Å²) in [4.78, 5) is 22.7. The molecule has 0 unspecified atom stereocenters. The van der Waals surface area contributed by atoms with Crippen molar-refractivity contribution >= 4 is 33.2 Å². The van der Waals surface area contributed by atoms with Crippen LogP contribution < -0.4 is 5.32 Å². The maximum absolute atomic E-state index is 12.2. The summed E-state index contributed by atoms with van der Waals surface area (Å²) in [6.45, 7) is 3.72. The van der Waals surface area contributed by atoms with E-state index in [9.17, 15) is 14.9 Å². The Morgan fingerprint density at radius 3 is 2.52 bits per heavy atom. The minimum Gasteiger partial charge on any atom is -0.316 e. The van der Waals surface area contributed by atoms with Gasteiger partial charge in [0, 0.05) is 16.1 Å². The first-order valence-corrected chi connectivity index (χ1v) is 7.00. The van der Waals surface area contributed by atoms with E-state index < -0.39 is 4.92 Å². The SMILES string of the molecule is Cc1ccc([N+](=O)[O-])c(NC(=O)c2ccc(C)c(Br)c2)c1. The van der Waals surface area contributed by atoms with Crippen LogP contribution in [0.2, 0.25) is 0 Å². The monoisotopic (exact) mass is 348 g/mol. The summed E-state index contributed by atoms with van der Waals surface area (Å²) >= 11 is 3.36. The predicted octanol–water partition coefficient (Wildman–Crippen LogP) is 4.23. The van der Waals surface area contributed by atoms with Crippen molar-refractivity contribution in [2.45, 2.75) is 13.8 Å². The summed E-state index contributed by atoms with van der Waals surface area (Å²) in [5.41, 5.74) is 2.35. The number of carbonyl (C=O) groups is 1. The molecule has 0 spiro atoms. The van der Waals surface area contributed by atoms with Crippen molar-refractivity contribution in [1.82, 2.24) is 0 Å². The smallest absolute Gasteiger partial charge is 0.292 e. The van der Waals surface area contributed by atoms with Crippen LogP contribution in [0.4, 0.5) is 11.4 Å². The van der Waals surface area contributed by atoms with Crippen molar-refractivity contribution < 1.29 is 9.72 Å². The fourth-order valence-electron chi connectivity index (χ4n) is 1.84. The van der Waals surface area contributed by atoms with Crippen molar-refractivity contribution in [3.05, 3.63) is 67.7 Å². The molecule has 0 bridgehead atoms. The van der Waals surface area contributed by atoms with E-state index in [4.69, 9.17) is 0 Å². The first-order valence-electron chi connectivity index (χ1n) is 6.21. The second-order valence-electron chi connectivity index (χ2n) is 4.70. The van der Waals surface area contributed by atoms with Gasteiger partial charge in [0.15, 0.2) is 0 Å². The Morgan fingerprint density at radius 1 is 1.19 bits per heavy atom. The van der Waals surface area contributed by atoms with Crippen LogP contribution in [0.15, 0.2) is 40.9 Å². The molecule has 2 aromatic carbocycles. The maximum atomic E-state index is 12.2. The Balaban J connectivity index is 2.33. The van der Waals surface area contributed by atoms with Gasteiger partial charge in [0.05, 0.1) is 4.92 Å². The topological polar surface area (TPSA) is 72.2 Å². The maximum Gasteiger partial charge on any atom is 0.292 e. The van der Waals surface area contributed by atoms with Gasteiger partial charge in [-0.05, 0) is 43.2 Å². The van der Waals surface area contributed by atoms with Gasteiger partial charge in [-0.3, -0.25) is 14.9 Å². The van der Waals surface area contributed by atoms with E-state index >= 15 is 0 Å². The van der Waals surface area contributed by atoms with Crippen molar-refractivity contribution in [2.75, 3.05) is 5.32 Å². The van der Waals surface area contributed by atoms with Crippen LogP contribution in [0.1, 0.15) is 21.5 Å². The summed E-state index contributed by atoms with van der Waals surface area (Å²) in [6, 6.07) is 9.78. The fraction of sp³-hybridized carbons (Fsp3) is 0.133. The summed E-state index contributed by atoms with van der Waals surface area (Å²) < 4.78 is 0.814. The quantitative estimate of drug-likeness (QED) is 0.666. The minimum absolute atomic E-state index is 0.125. The highest BCUT2D eigenvalue weighted by molar-refractivity contribution is 9.10. The lowest BCUT2D eigenvalue weighted by molar-refractivity contribution is -0.383. The van der Waals surface area contributed by atoms with Crippen LogP contribution in [0.3, 0.4) is 0 Å². The third-order valence-electron chi connectivity index (χ3n) is 3.03. The number of nitrogens with one attached hydrogen (secondary N) is 1. The van der Waals surface area contributed by atoms with Crippen LogP contribution in [0, 0.1) is 24.0 Å². The Labute approximate surface area is 130 Å². The van der Waals surface area contributed by atoms with Gasteiger partial charge in [-0.25, -0.2) is 0 Å². The Kier molecular flexibility index (Phi) is 4.37. The molecular weight excluding hydrogens is 336 g/mol. The molecule has 0 atom stereocenters. The zero-order valence-electron chi connectivity index (χ0n) is 11.5. The van der Waals surface area contributed by atoms with Gasteiger partial charge in [-0.2, -0.15) is 0 Å². The van der Waals surface area contributed by atoms with Gasteiger partial charge in [0.25, 0.3) is 11.6 Å². The van der Waals surface area contributed by atoms with E-state index in [1.165, 1.54) is 6.07 Å². The molecule has 1 N–H and O–H groups in total. The number of halogens is 1. The lowest BCUT2D eigenvalue weighted by atomic mass is 10.1. The molecule has 0 saturated carbocycles. The van der Waals surface area contributed by atoms with E-state index in [0.717, 1.165) is 15.6 Å². The van der Waals surface area contributed by atoms with Gasteiger partial charge in [0.2, 0.25) is 0 Å². The molecule has 0 heterocycles. The van der Waals surface area contributed by atoms with Crippen LogP contribution in [-0.4, -0.2) is 10.8 Å². The molecule has 21 heavy (non-hydrogen) atoms. The van der Waals surface area contributed by atoms with E-state index in [2.05, 4.69) is 21.2 Å². The number of nitro groups is 1. The van der Waals surface area contributed by atoms with Crippen molar-refractivity contribution in [3.8, 4) is 0 Å². The van der Waals surface area contributed by atoms with E-state index in [1.54, 1.807) is 24.3 Å². The number of benzene rings is 2. The summed E-state index contributed by atoms with van der Waals surface area (Å²) in [6.07, 6.45) is 0. The van der Waals surface area contributed by atoms with Gasteiger partial charge in [-0.15, -0.1) is 0 Å². The number of nitrogens with zero attached hydrogens (tertiary/aromatic N) is 1. The zero-order valence-corrected chi connectivity index (χ0v) is 13.1. The minimum atomic E-state index is -0.514. The second-order valence-corrected chi connectivity index (χ2v) is 5.55. The number of amides is 1. The molecule has 1 amide bonds. The molecule has 0 aliphatic carbocycles. The number of nitro benzene ring substituents is 1. The summed E-state index contributed by atoms with van der Waals surface area (Å²) in [5, 5.41) is 13.6. The van der Waals surface area contributed by atoms with E-state index in [-0.39, 0.29) is 17.3 Å². The molecule has 0 saturated heterocycles. The number of anilines is 1. The molecule has 0 aliphatic rings. The number of rotatable bonds is 3. The van der Waals surface area contributed by atoms with E-state index in [1.807, 2.05) is 19.9 Å². The normalized spacial score (nSPS) is 10.2. The highest BCUT2D eigenvalue weighted by Crippen LogP contribution is 2.26.